The molecule has 0 saturated carbocycles. The Balaban J connectivity index is 0.00000441. The van der Waals surface area contributed by atoms with Crippen LogP contribution in [-0.2, 0) is 20.9 Å². The van der Waals surface area contributed by atoms with Crippen LogP contribution < -0.4 is 20.0 Å². The third-order valence-electron chi connectivity index (χ3n) is 12.3. The number of nitrogens with zero attached hydrogens (tertiary/aromatic N) is 6. The fourth-order valence-corrected chi connectivity index (χ4v) is 9.25. The first-order valence-corrected chi connectivity index (χ1v) is 19.5. The van der Waals surface area contributed by atoms with Crippen molar-refractivity contribution in [3.8, 4) is 6.07 Å². The van der Waals surface area contributed by atoms with Gasteiger partial charge in [-0.2, -0.15) is 5.26 Å². The van der Waals surface area contributed by atoms with Crippen LogP contribution in [0, 0.1) is 17.1 Å². The number of nitrogens with one attached hydrogen (secondary N) is 2. The lowest BCUT2D eigenvalue weighted by atomic mass is 9.89. The van der Waals surface area contributed by atoms with Crippen molar-refractivity contribution in [1.29, 1.82) is 5.26 Å². The van der Waals surface area contributed by atoms with Gasteiger partial charge in [0, 0.05) is 95.0 Å². The molecule has 5 aliphatic heterocycles. The molecule has 6 heterocycles. The number of piperidine rings is 2. The Morgan fingerprint density at radius 3 is 2.38 bits per heavy atom. The number of halogens is 2. The van der Waals surface area contributed by atoms with Crippen LogP contribution in [0.3, 0.4) is 0 Å². The van der Waals surface area contributed by atoms with Crippen LogP contribution >= 0.6 is 12.4 Å². The summed E-state index contributed by atoms with van der Waals surface area (Å²) >= 11 is 0. The van der Waals surface area contributed by atoms with Crippen LogP contribution in [0.25, 0.3) is 10.9 Å². The summed E-state index contributed by atoms with van der Waals surface area (Å²) in [4.78, 5) is 51.5. The van der Waals surface area contributed by atoms with Crippen LogP contribution in [0.2, 0.25) is 0 Å². The molecule has 3 aromatic carbocycles. The SMILES string of the molecule is Cl.N#Cc1c[nH]c2c(N3CCC(c4ccc(N5CCO[C@H](CN6CCN(c7ccc8c(c7)CN(C7CCC(=O)NC7=O)C8=O)CC6)C5)cc4)CC3)ccc(F)c12. The van der Waals surface area contributed by atoms with Crippen LogP contribution in [0.5, 0.6) is 0 Å². The van der Waals surface area contributed by atoms with Crippen molar-refractivity contribution in [3.05, 3.63) is 88.9 Å². The van der Waals surface area contributed by atoms with E-state index in [4.69, 9.17) is 4.74 Å². The maximum Gasteiger partial charge on any atom is 0.255 e. The van der Waals surface area contributed by atoms with Crippen molar-refractivity contribution in [2.24, 2.45) is 0 Å². The maximum absolute atomic E-state index is 14.5. The van der Waals surface area contributed by atoms with Crippen molar-refractivity contribution in [2.45, 2.75) is 50.3 Å². The predicted octanol–water partition coefficient (Wildman–Crippen LogP) is 4.77. The third-order valence-corrected chi connectivity index (χ3v) is 12.3. The van der Waals surface area contributed by atoms with Crippen molar-refractivity contribution in [3.63, 3.8) is 0 Å². The van der Waals surface area contributed by atoms with Crippen LogP contribution in [0.4, 0.5) is 21.5 Å². The Morgan fingerprint density at radius 2 is 1.62 bits per heavy atom. The quantitative estimate of drug-likeness (QED) is 0.255. The van der Waals surface area contributed by atoms with Gasteiger partial charge in [-0.3, -0.25) is 24.6 Å². The topological polar surface area (TPSA) is 128 Å². The van der Waals surface area contributed by atoms with Gasteiger partial charge in [-0.15, -0.1) is 12.4 Å². The van der Waals surface area contributed by atoms with E-state index < -0.39 is 6.04 Å². The number of rotatable bonds is 7. The van der Waals surface area contributed by atoms with Gasteiger partial charge in [0.05, 0.1) is 34.9 Å². The van der Waals surface area contributed by atoms with Crippen molar-refractivity contribution < 1.29 is 23.5 Å². The number of carbonyl (C=O) groups is 3. The van der Waals surface area contributed by atoms with Gasteiger partial charge in [0.25, 0.3) is 5.91 Å². The number of H-pyrrole nitrogens is 1. The zero-order valence-electron chi connectivity index (χ0n) is 31.2. The molecule has 0 bridgehead atoms. The minimum Gasteiger partial charge on any atom is -0.373 e. The van der Waals surface area contributed by atoms with E-state index in [1.165, 1.54) is 17.3 Å². The summed E-state index contributed by atoms with van der Waals surface area (Å²) in [5.41, 5.74) is 7.22. The summed E-state index contributed by atoms with van der Waals surface area (Å²) in [7, 11) is 0. The molecular formula is C42H46ClFN8O4. The smallest absolute Gasteiger partial charge is 0.255 e. The first-order chi connectivity index (χ1) is 26.8. The van der Waals surface area contributed by atoms with Crippen LogP contribution in [-0.4, -0.2) is 110 Å². The number of piperazine rings is 1. The van der Waals surface area contributed by atoms with Crippen LogP contribution in [0.15, 0.2) is 60.8 Å². The molecular weight excluding hydrogens is 735 g/mol. The van der Waals surface area contributed by atoms with Gasteiger partial charge in [0.1, 0.15) is 17.9 Å². The minimum absolute atomic E-state index is 0. The minimum atomic E-state index is -0.606. The second kappa shape index (κ2) is 15.8. The molecule has 2 N–H and O–H groups in total. The van der Waals surface area contributed by atoms with Crippen LogP contribution in [0.1, 0.15) is 58.6 Å². The standard InChI is InChI=1S/C42H45FN8O4.ClH/c43-35-7-8-36(40-39(35)30(22-44)23-45-40)49-13-11-28(12-14-49)27-1-3-31(4-2-27)50-19-20-55-33(26-50)25-47-15-17-48(18-16-47)32-5-6-34-29(21-32)24-51(42(34)54)37-9-10-38(52)46-41(37)53;/h1-8,21,23,28,33,37,45H,9-20,24-26H2,(H,46,52,53);1H/t33-,37?;/m1./s1. The zero-order valence-corrected chi connectivity index (χ0v) is 32.0. The highest BCUT2D eigenvalue weighted by atomic mass is 35.5. The lowest BCUT2D eigenvalue weighted by Gasteiger charge is -2.40. The second-order valence-electron chi connectivity index (χ2n) is 15.5. The number of morpholine rings is 1. The summed E-state index contributed by atoms with van der Waals surface area (Å²) in [6, 6.07) is 19.8. The molecule has 1 unspecified atom stereocenters. The van der Waals surface area contributed by atoms with Crippen molar-refractivity contribution in [2.75, 3.05) is 80.2 Å². The van der Waals surface area contributed by atoms with Crippen molar-refractivity contribution in [1.82, 2.24) is 20.1 Å². The average molecular weight is 781 g/mol. The summed E-state index contributed by atoms with van der Waals surface area (Å²) in [5, 5.41) is 12.2. The Labute approximate surface area is 331 Å². The highest BCUT2D eigenvalue weighted by Gasteiger charge is 2.39. The summed E-state index contributed by atoms with van der Waals surface area (Å²) in [6.45, 7) is 9.00. The molecule has 0 aliphatic carbocycles. The molecule has 2 atom stereocenters. The van der Waals surface area contributed by atoms with Gasteiger partial charge in [-0.1, -0.05) is 12.1 Å². The number of aromatic amines is 1. The van der Waals surface area contributed by atoms with E-state index in [1.807, 2.05) is 18.2 Å². The number of ether oxygens (including phenoxy) is 1. The Bertz CT molecular complexity index is 2170. The number of carbonyl (C=O) groups excluding carboxylic acids is 3. The number of imide groups is 1. The molecule has 9 rings (SSSR count). The molecule has 4 aromatic rings. The maximum atomic E-state index is 14.5. The number of nitriles is 1. The summed E-state index contributed by atoms with van der Waals surface area (Å²) < 4.78 is 20.8. The van der Waals surface area contributed by atoms with Crippen molar-refractivity contribution >= 4 is 58.1 Å². The van der Waals surface area contributed by atoms with Gasteiger partial charge in [-0.25, -0.2) is 4.39 Å². The second-order valence-corrected chi connectivity index (χ2v) is 15.5. The molecule has 4 fully saturated rings. The molecule has 14 heteroatoms. The van der Waals surface area contributed by atoms with Gasteiger partial charge < -0.3 is 29.3 Å². The number of fused-ring (bicyclic) bond motifs is 2. The highest BCUT2D eigenvalue weighted by molar-refractivity contribution is 6.05. The van der Waals surface area contributed by atoms with Gasteiger partial charge in [0.2, 0.25) is 11.8 Å². The highest BCUT2D eigenvalue weighted by Crippen LogP contribution is 2.36. The van der Waals surface area contributed by atoms with E-state index in [0.29, 0.717) is 47.5 Å². The molecule has 0 spiro atoms. The largest absolute Gasteiger partial charge is 0.373 e. The Morgan fingerprint density at radius 1 is 0.857 bits per heavy atom. The molecule has 3 amide bonds. The number of anilines is 3. The normalized spacial score (nSPS) is 22.2. The summed E-state index contributed by atoms with van der Waals surface area (Å²) in [5.74, 6) is -0.718. The summed E-state index contributed by atoms with van der Waals surface area (Å²) in [6.07, 6.45) is 4.34. The predicted molar refractivity (Wildman–Crippen MR) is 214 cm³/mol. The monoisotopic (exact) mass is 780 g/mol. The number of aromatic nitrogens is 1. The van der Waals surface area contributed by atoms with Gasteiger partial charge in [0.15, 0.2) is 0 Å². The van der Waals surface area contributed by atoms with E-state index in [0.717, 1.165) is 88.7 Å². The first kappa shape index (κ1) is 37.7. The van der Waals surface area contributed by atoms with E-state index in [-0.39, 0.29) is 48.5 Å². The molecule has 56 heavy (non-hydrogen) atoms. The fourth-order valence-electron chi connectivity index (χ4n) is 9.25. The lowest BCUT2D eigenvalue weighted by molar-refractivity contribution is -0.136. The molecule has 4 saturated heterocycles. The van der Waals surface area contributed by atoms with E-state index in [2.05, 4.69) is 66.3 Å². The first-order valence-electron chi connectivity index (χ1n) is 19.5. The molecule has 5 aliphatic rings. The lowest BCUT2D eigenvalue weighted by Crippen LogP contribution is -2.52. The molecule has 1 aromatic heterocycles. The Hall–Kier alpha value is -5.16. The number of hydrogen-bond donors (Lipinski definition) is 2. The number of hydrogen-bond acceptors (Lipinski definition) is 9. The zero-order chi connectivity index (χ0) is 37.6. The van der Waals surface area contributed by atoms with E-state index >= 15 is 0 Å². The van der Waals surface area contributed by atoms with Gasteiger partial charge >= 0.3 is 0 Å². The number of amides is 3. The fraction of sp³-hybridized carbons (Fsp3) is 0.429. The molecule has 292 valence electrons. The van der Waals surface area contributed by atoms with E-state index in [9.17, 15) is 24.0 Å². The Kier molecular flexibility index (Phi) is 10.6. The van der Waals surface area contributed by atoms with Gasteiger partial charge in [-0.05, 0) is 78.8 Å². The van der Waals surface area contributed by atoms with E-state index in [1.54, 1.807) is 11.1 Å². The third kappa shape index (κ3) is 7.17. The molecule has 12 nitrogen and oxygen atoms in total. The molecule has 0 radical (unpaired) electrons. The number of benzene rings is 3. The average Bonchev–Trinajstić information content (AvgIpc) is 3.80.